The Kier molecular flexibility index (Phi) is 5.93. The number of carbonyl (C=O) groups is 1. The molecule has 1 unspecified atom stereocenters. The second kappa shape index (κ2) is 9.48. The third-order valence-corrected chi connectivity index (χ3v) is 5.39. The fraction of sp³-hybridized carbons (Fsp3) is 0.154. The van der Waals surface area contributed by atoms with Crippen molar-refractivity contribution >= 4 is 17.4 Å². The van der Waals surface area contributed by atoms with Crippen LogP contribution < -0.4 is 5.01 Å². The number of hydrogen-bond acceptors (Lipinski definition) is 7. The van der Waals surface area contributed by atoms with Crippen molar-refractivity contribution in [2.75, 3.05) is 11.6 Å². The monoisotopic (exact) mass is 438 g/mol. The van der Waals surface area contributed by atoms with Gasteiger partial charge in [0.25, 0.3) is 0 Å². The molecule has 7 nitrogen and oxygen atoms in total. The molecule has 0 saturated carbocycles. The summed E-state index contributed by atoms with van der Waals surface area (Å²) in [5.41, 5.74) is 3.25. The van der Waals surface area contributed by atoms with E-state index in [1.165, 1.54) is 0 Å². The lowest BCUT2D eigenvalue weighted by Gasteiger charge is -2.23. The van der Waals surface area contributed by atoms with Crippen LogP contribution in [0.3, 0.4) is 0 Å². The first kappa shape index (κ1) is 20.6. The smallest absolute Gasteiger partial charge is 0.354 e. The average molecular weight is 438 g/mol. The molecule has 3 aromatic carbocycles. The molecule has 0 saturated heterocycles. The summed E-state index contributed by atoms with van der Waals surface area (Å²) in [4.78, 5) is 12.8. The van der Waals surface area contributed by atoms with Gasteiger partial charge in [0, 0.05) is 12.0 Å². The number of carbonyl (C=O) groups excluding carboxylic acids is 1. The molecule has 2 heterocycles. The van der Waals surface area contributed by atoms with E-state index in [-0.39, 0.29) is 12.6 Å². The van der Waals surface area contributed by atoms with Crippen molar-refractivity contribution in [3.8, 4) is 11.5 Å². The Morgan fingerprint density at radius 2 is 1.58 bits per heavy atom. The van der Waals surface area contributed by atoms with Crippen molar-refractivity contribution in [1.82, 2.24) is 10.2 Å². The number of nitrogens with zero attached hydrogens (tertiary/aromatic N) is 4. The van der Waals surface area contributed by atoms with Crippen molar-refractivity contribution in [3.63, 3.8) is 0 Å². The average Bonchev–Trinajstić information content (AvgIpc) is 3.54. The van der Waals surface area contributed by atoms with E-state index >= 15 is 0 Å². The molecule has 7 heteroatoms. The van der Waals surface area contributed by atoms with Gasteiger partial charge in [0.15, 0.2) is 0 Å². The second-order valence-electron chi connectivity index (χ2n) is 7.61. The summed E-state index contributed by atoms with van der Waals surface area (Å²) < 4.78 is 11.2. The molecule has 1 aliphatic rings. The Morgan fingerprint density at radius 3 is 2.30 bits per heavy atom. The molecule has 1 aromatic heterocycles. The minimum absolute atomic E-state index is 0.0690. The summed E-state index contributed by atoms with van der Waals surface area (Å²) in [5.74, 6) is 0.432. The van der Waals surface area contributed by atoms with Crippen LogP contribution in [0.25, 0.3) is 11.5 Å². The van der Waals surface area contributed by atoms with Gasteiger partial charge in [0.2, 0.25) is 11.8 Å². The molecule has 0 aliphatic carbocycles. The van der Waals surface area contributed by atoms with Crippen LogP contribution in [0.5, 0.6) is 0 Å². The molecule has 33 heavy (non-hydrogen) atoms. The highest BCUT2D eigenvalue weighted by molar-refractivity contribution is 6.37. The molecule has 0 bridgehead atoms. The van der Waals surface area contributed by atoms with Crippen molar-refractivity contribution in [2.45, 2.75) is 18.9 Å². The highest BCUT2D eigenvalue weighted by atomic mass is 16.5. The van der Waals surface area contributed by atoms with E-state index in [1.807, 2.05) is 96.0 Å². The van der Waals surface area contributed by atoms with E-state index in [2.05, 4.69) is 15.3 Å². The molecule has 1 atom stereocenters. The highest BCUT2D eigenvalue weighted by Gasteiger charge is 2.33. The number of benzene rings is 3. The molecule has 4 aromatic rings. The van der Waals surface area contributed by atoms with Gasteiger partial charge < -0.3 is 9.15 Å². The highest BCUT2D eigenvalue weighted by Crippen LogP contribution is 2.35. The SMILES string of the molecule is O=C(OCCc1nnc(-c2ccccc2)o1)C1=NN(c2ccccc2)C(c2ccccc2)C1. The van der Waals surface area contributed by atoms with Crippen molar-refractivity contribution in [2.24, 2.45) is 5.10 Å². The maximum absolute atomic E-state index is 12.8. The number of para-hydroxylation sites is 1. The van der Waals surface area contributed by atoms with Gasteiger partial charge in [-0.05, 0) is 29.8 Å². The van der Waals surface area contributed by atoms with Crippen molar-refractivity contribution < 1.29 is 13.9 Å². The molecule has 1 aliphatic heterocycles. The van der Waals surface area contributed by atoms with E-state index in [4.69, 9.17) is 9.15 Å². The van der Waals surface area contributed by atoms with Crippen LogP contribution in [-0.4, -0.2) is 28.5 Å². The number of hydrogen-bond donors (Lipinski definition) is 0. The predicted octanol–water partition coefficient (Wildman–Crippen LogP) is 4.83. The third kappa shape index (κ3) is 4.67. The van der Waals surface area contributed by atoms with Gasteiger partial charge in [-0.25, -0.2) is 4.79 Å². The Labute approximate surface area is 191 Å². The number of aromatic nitrogens is 2. The second-order valence-corrected chi connectivity index (χ2v) is 7.61. The van der Waals surface area contributed by atoms with E-state index in [9.17, 15) is 4.79 Å². The van der Waals surface area contributed by atoms with Gasteiger partial charge in [0.05, 0.1) is 18.2 Å². The van der Waals surface area contributed by atoms with Crippen LogP contribution in [0.2, 0.25) is 0 Å². The Hall–Kier alpha value is -4.26. The minimum Gasteiger partial charge on any atom is -0.461 e. The topological polar surface area (TPSA) is 80.8 Å². The lowest BCUT2D eigenvalue weighted by Crippen LogP contribution is -2.19. The maximum Gasteiger partial charge on any atom is 0.354 e. The van der Waals surface area contributed by atoms with Gasteiger partial charge in [-0.1, -0.05) is 66.7 Å². The van der Waals surface area contributed by atoms with E-state index < -0.39 is 5.97 Å². The molecule has 5 rings (SSSR count). The number of hydrazone groups is 1. The molecule has 0 N–H and O–H groups in total. The van der Waals surface area contributed by atoms with Crippen LogP contribution >= 0.6 is 0 Å². The molecule has 0 fully saturated rings. The van der Waals surface area contributed by atoms with Crippen LogP contribution in [0, 0.1) is 0 Å². The first-order valence-electron chi connectivity index (χ1n) is 10.8. The predicted molar refractivity (Wildman–Crippen MR) is 125 cm³/mol. The largest absolute Gasteiger partial charge is 0.461 e. The Bertz CT molecular complexity index is 1240. The zero-order chi connectivity index (χ0) is 22.5. The maximum atomic E-state index is 12.8. The summed E-state index contributed by atoms with van der Waals surface area (Å²) in [7, 11) is 0. The first-order chi connectivity index (χ1) is 16.3. The van der Waals surface area contributed by atoms with E-state index in [0.717, 1.165) is 16.8 Å². The summed E-state index contributed by atoms with van der Waals surface area (Å²) in [6, 6.07) is 29.3. The number of ether oxygens (including phenoxy) is 1. The van der Waals surface area contributed by atoms with Crippen LogP contribution in [0.4, 0.5) is 5.69 Å². The van der Waals surface area contributed by atoms with Crippen LogP contribution in [-0.2, 0) is 16.0 Å². The minimum atomic E-state index is -0.433. The van der Waals surface area contributed by atoms with Crippen LogP contribution in [0.1, 0.15) is 23.9 Å². The first-order valence-corrected chi connectivity index (χ1v) is 10.8. The molecular weight excluding hydrogens is 416 g/mol. The van der Waals surface area contributed by atoms with Crippen LogP contribution in [0.15, 0.2) is 101 Å². The number of rotatable bonds is 7. The molecule has 0 amide bonds. The standard InChI is InChI=1S/C26H22N4O3/c31-26(32-17-16-24-27-28-25(33-24)20-12-6-2-7-13-20)22-18-23(19-10-4-1-5-11-19)30(29-22)21-14-8-3-9-15-21/h1-15,23H,16-18H2. The van der Waals surface area contributed by atoms with E-state index in [1.54, 1.807) is 0 Å². The van der Waals surface area contributed by atoms with E-state index in [0.29, 0.717) is 30.3 Å². The fourth-order valence-corrected chi connectivity index (χ4v) is 3.75. The quantitative estimate of drug-likeness (QED) is 0.385. The van der Waals surface area contributed by atoms with Crippen molar-refractivity contribution in [3.05, 3.63) is 102 Å². The van der Waals surface area contributed by atoms with Gasteiger partial charge in [-0.3, -0.25) is 5.01 Å². The number of anilines is 1. The summed E-state index contributed by atoms with van der Waals surface area (Å²) in [6.45, 7) is 0.135. The molecule has 164 valence electrons. The normalized spacial score (nSPS) is 15.3. The Balaban J connectivity index is 1.24. The van der Waals surface area contributed by atoms with Gasteiger partial charge in [0.1, 0.15) is 12.3 Å². The zero-order valence-corrected chi connectivity index (χ0v) is 17.9. The van der Waals surface area contributed by atoms with Gasteiger partial charge >= 0.3 is 5.97 Å². The lowest BCUT2D eigenvalue weighted by molar-refractivity contribution is -0.135. The summed E-state index contributed by atoms with van der Waals surface area (Å²) in [5, 5.41) is 14.6. The third-order valence-electron chi connectivity index (χ3n) is 5.39. The summed E-state index contributed by atoms with van der Waals surface area (Å²) >= 11 is 0. The number of esters is 1. The fourth-order valence-electron chi connectivity index (χ4n) is 3.75. The molecule has 0 radical (unpaired) electrons. The zero-order valence-electron chi connectivity index (χ0n) is 17.9. The Morgan fingerprint density at radius 1 is 0.909 bits per heavy atom. The van der Waals surface area contributed by atoms with Gasteiger partial charge in [-0.15, -0.1) is 10.2 Å². The van der Waals surface area contributed by atoms with Crippen molar-refractivity contribution in [1.29, 1.82) is 0 Å². The summed E-state index contributed by atoms with van der Waals surface area (Å²) in [6.07, 6.45) is 0.805. The molecule has 0 spiro atoms. The lowest BCUT2D eigenvalue weighted by atomic mass is 10.0. The van der Waals surface area contributed by atoms with Gasteiger partial charge in [-0.2, -0.15) is 5.10 Å². The molecular formula is C26H22N4O3.